The summed E-state index contributed by atoms with van der Waals surface area (Å²) in [7, 11) is 2.17. The van der Waals surface area contributed by atoms with Gasteiger partial charge in [0.2, 0.25) is 5.91 Å². The third-order valence-corrected chi connectivity index (χ3v) is 4.08. The molecule has 1 aromatic rings. The first-order valence-electron chi connectivity index (χ1n) is 7.53. The largest absolute Gasteiger partial charge is 0.352 e. The number of nitrogens with zero attached hydrogens (tertiary/aromatic N) is 2. The Balaban J connectivity index is 1.77. The minimum atomic E-state index is 0.0616. The summed E-state index contributed by atoms with van der Waals surface area (Å²) >= 11 is 4.05. The second kappa shape index (κ2) is 8.41. The first kappa shape index (κ1) is 16.3. The monoisotopic (exact) mass is 307 g/mol. The zero-order valence-electron chi connectivity index (χ0n) is 12.7. The molecule has 0 aromatic heterocycles. The quantitative estimate of drug-likeness (QED) is 0.779. The minimum absolute atomic E-state index is 0.0616. The summed E-state index contributed by atoms with van der Waals surface area (Å²) in [5, 5.41) is 2.90. The van der Waals surface area contributed by atoms with Crippen LogP contribution in [0.15, 0.2) is 24.3 Å². The highest BCUT2D eigenvalue weighted by atomic mass is 32.1. The van der Waals surface area contributed by atoms with Crippen molar-refractivity contribution in [3.8, 4) is 0 Å². The maximum Gasteiger partial charge on any atom is 0.221 e. The van der Waals surface area contributed by atoms with Crippen molar-refractivity contribution in [2.24, 2.45) is 0 Å². The van der Waals surface area contributed by atoms with Crippen molar-refractivity contribution in [1.82, 2.24) is 15.1 Å². The lowest BCUT2D eigenvalue weighted by Crippen LogP contribution is -2.43. The van der Waals surface area contributed by atoms with Crippen molar-refractivity contribution < 1.29 is 4.79 Å². The Morgan fingerprint density at radius 2 is 1.76 bits per heavy atom. The molecule has 4 nitrogen and oxygen atoms in total. The normalized spacial score (nSPS) is 16.9. The molecule has 2 rings (SSSR count). The van der Waals surface area contributed by atoms with Crippen molar-refractivity contribution in [3.63, 3.8) is 0 Å². The molecule has 1 saturated heterocycles. The summed E-state index contributed by atoms with van der Waals surface area (Å²) in [4.78, 5) is 16.3. The molecule has 21 heavy (non-hydrogen) atoms. The van der Waals surface area contributed by atoms with E-state index in [0.717, 1.165) is 38.3 Å². The fourth-order valence-electron chi connectivity index (χ4n) is 2.42. The number of hydrogen-bond donors (Lipinski definition) is 2. The van der Waals surface area contributed by atoms with Crippen LogP contribution in [0.25, 0.3) is 0 Å². The topological polar surface area (TPSA) is 35.6 Å². The Morgan fingerprint density at radius 3 is 2.38 bits per heavy atom. The SMILES string of the molecule is CN1CCN(Cc2ccc(CNC(=O)CCS)cc2)CC1. The maximum absolute atomic E-state index is 11.4. The molecule has 1 amide bonds. The summed E-state index contributed by atoms with van der Waals surface area (Å²) in [6.45, 7) is 6.18. The molecule has 1 aliphatic heterocycles. The van der Waals surface area contributed by atoms with Gasteiger partial charge in [-0.25, -0.2) is 0 Å². The van der Waals surface area contributed by atoms with Crippen molar-refractivity contribution in [2.45, 2.75) is 19.5 Å². The van der Waals surface area contributed by atoms with Crippen LogP contribution in [0.3, 0.4) is 0 Å². The van der Waals surface area contributed by atoms with Crippen LogP contribution in [0.2, 0.25) is 0 Å². The Kier molecular flexibility index (Phi) is 6.54. The predicted octanol–water partition coefficient (Wildman–Crippen LogP) is 1.37. The highest BCUT2D eigenvalue weighted by Gasteiger charge is 2.13. The van der Waals surface area contributed by atoms with Gasteiger partial charge in [-0.1, -0.05) is 24.3 Å². The molecular formula is C16H25N3OS. The van der Waals surface area contributed by atoms with Gasteiger partial charge in [0.25, 0.3) is 0 Å². The zero-order valence-corrected chi connectivity index (χ0v) is 13.6. The van der Waals surface area contributed by atoms with Crippen LogP contribution in [-0.2, 0) is 17.9 Å². The number of carbonyl (C=O) groups excluding carboxylic acids is 1. The van der Waals surface area contributed by atoms with E-state index in [1.165, 1.54) is 5.56 Å². The number of thiol groups is 1. The summed E-state index contributed by atoms with van der Waals surface area (Å²) in [5.41, 5.74) is 2.48. The van der Waals surface area contributed by atoms with E-state index in [4.69, 9.17) is 0 Å². The lowest BCUT2D eigenvalue weighted by Gasteiger charge is -2.32. The zero-order chi connectivity index (χ0) is 15.1. The number of likely N-dealkylation sites (N-methyl/N-ethyl adjacent to an activating group) is 1. The predicted molar refractivity (Wildman–Crippen MR) is 89.5 cm³/mol. The third-order valence-electron chi connectivity index (χ3n) is 3.85. The number of rotatable bonds is 6. The molecule has 1 fully saturated rings. The number of nitrogens with one attached hydrogen (secondary N) is 1. The van der Waals surface area contributed by atoms with Gasteiger partial charge < -0.3 is 10.2 Å². The van der Waals surface area contributed by atoms with E-state index in [-0.39, 0.29) is 5.91 Å². The first-order valence-corrected chi connectivity index (χ1v) is 8.17. The fourth-order valence-corrected chi connectivity index (χ4v) is 2.62. The second-order valence-corrected chi connectivity index (χ2v) is 6.09. The van der Waals surface area contributed by atoms with Gasteiger partial charge in [0.15, 0.2) is 0 Å². The second-order valence-electron chi connectivity index (χ2n) is 5.65. The summed E-state index contributed by atoms with van der Waals surface area (Å²) in [6.07, 6.45) is 0.477. The molecule has 1 aliphatic rings. The molecule has 1 aromatic carbocycles. The molecule has 0 unspecified atom stereocenters. The molecule has 0 bridgehead atoms. The van der Waals surface area contributed by atoms with Crippen LogP contribution in [0.5, 0.6) is 0 Å². The van der Waals surface area contributed by atoms with Gasteiger partial charge in [0.1, 0.15) is 0 Å². The number of carbonyl (C=O) groups is 1. The highest BCUT2D eigenvalue weighted by Crippen LogP contribution is 2.09. The smallest absolute Gasteiger partial charge is 0.221 e. The van der Waals surface area contributed by atoms with Crippen LogP contribution in [0, 0.1) is 0 Å². The molecule has 0 spiro atoms. The number of hydrogen-bond acceptors (Lipinski definition) is 4. The summed E-state index contributed by atoms with van der Waals surface area (Å²) in [5.74, 6) is 0.655. The van der Waals surface area contributed by atoms with Crippen molar-refractivity contribution in [3.05, 3.63) is 35.4 Å². The van der Waals surface area contributed by atoms with Crippen molar-refractivity contribution >= 4 is 18.5 Å². The first-order chi connectivity index (χ1) is 10.2. The van der Waals surface area contributed by atoms with Gasteiger partial charge in [-0.3, -0.25) is 9.69 Å². The van der Waals surface area contributed by atoms with Crippen molar-refractivity contribution in [2.75, 3.05) is 39.0 Å². The van der Waals surface area contributed by atoms with E-state index >= 15 is 0 Å². The Morgan fingerprint density at radius 1 is 1.14 bits per heavy atom. The van der Waals surface area contributed by atoms with Crippen LogP contribution >= 0.6 is 12.6 Å². The molecule has 1 N–H and O–H groups in total. The Bertz CT molecular complexity index is 441. The summed E-state index contributed by atoms with van der Waals surface area (Å²) < 4.78 is 0. The van der Waals surface area contributed by atoms with Gasteiger partial charge in [-0.05, 0) is 23.9 Å². The fraction of sp³-hybridized carbons (Fsp3) is 0.562. The lowest BCUT2D eigenvalue weighted by atomic mass is 10.1. The van der Waals surface area contributed by atoms with Gasteiger partial charge in [-0.2, -0.15) is 12.6 Å². The van der Waals surface area contributed by atoms with Gasteiger partial charge in [0.05, 0.1) is 0 Å². The molecule has 0 aliphatic carbocycles. The molecule has 0 atom stereocenters. The van der Waals surface area contributed by atoms with E-state index in [0.29, 0.717) is 18.7 Å². The molecule has 0 saturated carbocycles. The molecule has 116 valence electrons. The summed E-state index contributed by atoms with van der Waals surface area (Å²) in [6, 6.07) is 8.54. The Hall–Kier alpha value is -1.04. The standard InChI is InChI=1S/C16H25N3OS/c1-18-7-9-19(10-8-18)13-15-4-2-14(3-5-15)12-17-16(20)6-11-21/h2-5,21H,6-13H2,1H3,(H,17,20). The van der Waals surface area contributed by atoms with Crippen LogP contribution in [-0.4, -0.2) is 54.7 Å². The van der Waals surface area contributed by atoms with E-state index in [1.807, 2.05) is 0 Å². The average molecular weight is 307 g/mol. The number of amides is 1. The van der Waals surface area contributed by atoms with Crippen LogP contribution in [0.1, 0.15) is 17.5 Å². The lowest BCUT2D eigenvalue weighted by molar-refractivity contribution is -0.120. The molecule has 0 radical (unpaired) electrons. The number of piperazine rings is 1. The van der Waals surface area contributed by atoms with Crippen LogP contribution in [0.4, 0.5) is 0 Å². The van der Waals surface area contributed by atoms with E-state index in [2.05, 4.69) is 59.1 Å². The number of benzene rings is 1. The average Bonchev–Trinajstić information content (AvgIpc) is 2.49. The highest BCUT2D eigenvalue weighted by molar-refractivity contribution is 7.80. The van der Waals surface area contributed by atoms with E-state index in [9.17, 15) is 4.79 Å². The van der Waals surface area contributed by atoms with E-state index < -0.39 is 0 Å². The molecular weight excluding hydrogens is 282 g/mol. The Labute approximate surface area is 132 Å². The minimum Gasteiger partial charge on any atom is -0.352 e. The molecule has 1 heterocycles. The maximum atomic E-state index is 11.4. The van der Waals surface area contributed by atoms with Gasteiger partial charge >= 0.3 is 0 Å². The third kappa shape index (κ3) is 5.69. The van der Waals surface area contributed by atoms with Crippen molar-refractivity contribution in [1.29, 1.82) is 0 Å². The van der Waals surface area contributed by atoms with Gasteiger partial charge in [-0.15, -0.1) is 0 Å². The van der Waals surface area contributed by atoms with E-state index in [1.54, 1.807) is 0 Å². The molecule has 5 heteroatoms. The van der Waals surface area contributed by atoms with Crippen LogP contribution < -0.4 is 5.32 Å². The van der Waals surface area contributed by atoms with Gasteiger partial charge in [0, 0.05) is 45.7 Å².